The minimum absolute atomic E-state index is 0.183. The van der Waals surface area contributed by atoms with Crippen LogP contribution in [0.2, 0.25) is 0 Å². The molecule has 4 aliphatic carbocycles. The summed E-state index contributed by atoms with van der Waals surface area (Å²) >= 11 is 0. The van der Waals surface area contributed by atoms with Crippen LogP contribution in [0.3, 0.4) is 0 Å². The molecule has 1 aliphatic heterocycles. The molecule has 0 bridgehead atoms. The van der Waals surface area contributed by atoms with E-state index in [2.05, 4.69) is 40.7 Å². The molecule has 4 fully saturated rings. The molecule has 0 unspecified atom stereocenters. The van der Waals surface area contributed by atoms with Crippen LogP contribution in [0.15, 0.2) is 11.6 Å². The summed E-state index contributed by atoms with van der Waals surface area (Å²) < 4.78 is 24.0. The van der Waals surface area contributed by atoms with Crippen molar-refractivity contribution >= 4 is 11.9 Å². The lowest BCUT2D eigenvalue weighted by Gasteiger charge is -2.60. The maximum Gasteiger partial charge on any atom is 0.302 e. The minimum Gasteiger partial charge on any atom is -0.462 e. The summed E-state index contributed by atoms with van der Waals surface area (Å²) in [6.45, 7) is 16.2. The summed E-state index contributed by atoms with van der Waals surface area (Å²) in [5.74, 6) is 2.62. The van der Waals surface area contributed by atoms with Gasteiger partial charge >= 0.3 is 11.9 Å². The molecule has 0 N–H and O–H groups in total. The Labute approximate surface area is 235 Å². The molecule has 39 heavy (non-hydrogen) atoms. The van der Waals surface area contributed by atoms with Crippen LogP contribution in [0.4, 0.5) is 0 Å². The van der Waals surface area contributed by atoms with E-state index in [0.29, 0.717) is 54.6 Å². The topological polar surface area (TPSA) is 71.1 Å². The van der Waals surface area contributed by atoms with E-state index in [1.165, 1.54) is 45.1 Å². The molecule has 5 aliphatic rings. The summed E-state index contributed by atoms with van der Waals surface area (Å²) in [6.07, 6.45) is 11.6. The summed E-state index contributed by atoms with van der Waals surface area (Å²) in [5, 5.41) is 0. The molecule has 0 aromatic carbocycles. The molecule has 5 rings (SSSR count). The van der Waals surface area contributed by atoms with Crippen molar-refractivity contribution in [2.24, 2.45) is 46.3 Å². The highest BCUT2D eigenvalue weighted by Crippen LogP contribution is 2.67. The monoisotopic (exact) mass is 544 g/mol. The minimum atomic E-state index is -0.402. The Hall–Kier alpha value is -1.40. The van der Waals surface area contributed by atoms with E-state index in [0.717, 1.165) is 31.6 Å². The predicted molar refractivity (Wildman–Crippen MR) is 150 cm³/mol. The van der Waals surface area contributed by atoms with Crippen molar-refractivity contribution < 1.29 is 28.5 Å². The number of esters is 2. The maximum atomic E-state index is 12.2. The third-order valence-electron chi connectivity index (χ3n) is 12.1. The van der Waals surface area contributed by atoms with Gasteiger partial charge in [-0.3, -0.25) is 9.59 Å². The van der Waals surface area contributed by atoms with Gasteiger partial charge in [-0.25, -0.2) is 0 Å². The van der Waals surface area contributed by atoms with Crippen molar-refractivity contribution in [3.05, 3.63) is 11.6 Å². The fourth-order valence-electron chi connectivity index (χ4n) is 10.2. The highest BCUT2D eigenvalue weighted by molar-refractivity contribution is 5.67. The summed E-state index contributed by atoms with van der Waals surface area (Å²) in [6, 6.07) is 0. The molecule has 0 aromatic rings. The summed E-state index contributed by atoms with van der Waals surface area (Å²) in [7, 11) is 0. The Balaban J connectivity index is 1.34. The van der Waals surface area contributed by atoms with Crippen molar-refractivity contribution in [1.29, 1.82) is 0 Å². The van der Waals surface area contributed by atoms with E-state index in [9.17, 15) is 9.59 Å². The molecule has 1 heterocycles. The first-order chi connectivity index (χ1) is 18.4. The molecule has 0 aromatic heterocycles. The van der Waals surface area contributed by atoms with Gasteiger partial charge in [-0.2, -0.15) is 0 Å². The van der Waals surface area contributed by atoms with Crippen molar-refractivity contribution in [3.63, 3.8) is 0 Å². The van der Waals surface area contributed by atoms with Crippen LogP contribution in [-0.2, 0) is 28.5 Å². The van der Waals surface area contributed by atoms with Crippen LogP contribution in [0, 0.1) is 46.3 Å². The van der Waals surface area contributed by atoms with Crippen LogP contribution >= 0.6 is 0 Å². The van der Waals surface area contributed by atoms with Gasteiger partial charge in [0, 0.05) is 44.4 Å². The Bertz CT molecular complexity index is 965. The Kier molecular flexibility index (Phi) is 8.04. The molecule has 3 saturated carbocycles. The standard InChI is InChI=1S/C33H52O6/c1-20(2)33(36-16-17-37-33)15-12-21(3)27-10-11-28-26-9-8-24-18-25(38-22(4)34)19-30(39-23(5)35)32(24,7)29(26)13-14-31(27,28)6/h8,20-21,25-30H,9-19H2,1-7H3/t21-,25-,26+,27-,28+,29+,30+,31-,32+/m1/s1. The number of fused-ring (bicyclic) bond motifs is 5. The fourth-order valence-corrected chi connectivity index (χ4v) is 10.2. The van der Waals surface area contributed by atoms with Gasteiger partial charge in [0.2, 0.25) is 0 Å². The highest BCUT2D eigenvalue weighted by Gasteiger charge is 2.62. The zero-order valence-corrected chi connectivity index (χ0v) is 25.4. The number of rotatable bonds is 7. The number of allylic oxidation sites excluding steroid dienone is 1. The van der Waals surface area contributed by atoms with Gasteiger partial charge in [0.05, 0.1) is 13.2 Å². The third kappa shape index (κ3) is 5.00. The van der Waals surface area contributed by atoms with Gasteiger partial charge in [-0.15, -0.1) is 0 Å². The normalized spacial score (nSPS) is 41.7. The van der Waals surface area contributed by atoms with E-state index in [4.69, 9.17) is 18.9 Å². The number of ether oxygens (including phenoxy) is 4. The van der Waals surface area contributed by atoms with Crippen LogP contribution in [0.5, 0.6) is 0 Å². The van der Waals surface area contributed by atoms with Gasteiger partial charge in [-0.1, -0.05) is 46.3 Å². The van der Waals surface area contributed by atoms with Crippen molar-refractivity contribution in [2.75, 3.05) is 13.2 Å². The van der Waals surface area contributed by atoms with E-state index < -0.39 is 5.79 Å². The summed E-state index contributed by atoms with van der Waals surface area (Å²) in [5.41, 5.74) is 1.50. The van der Waals surface area contributed by atoms with Gasteiger partial charge in [-0.05, 0) is 73.5 Å². The first-order valence-corrected chi connectivity index (χ1v) is 15.7. The van der Waals surface area contributed by atoms with Crippen LogP contribution in [0.1, 0.15) is 106 Å². The smallest absolute Gasteiger partial charge is 0.302 e. The molecule has 1 saturated heterocycles. The largest absolute Gasteiger partial charge is 0.462 e. The van der Waals surface area contributed by atoms with Crippen LogP contribution in [0.25, 0.3) is 0 Å². The molecule has 220 valence electrons. The average molecular weight is 545 g/mol. The second-order valence-corrected chi connectivity index (χ2v) is 14.3. The zero-order chi connectivity index (χ0) is 28.2. The molecule has 0 radical (unpaired) electrons. The predicted octanol–water partition coefficient (Wildman–Crippen LogP) is 6.85. The lowest BCUT2D eigenvalue weighted by Crippen LogP contribution is -2.57. The van der Waals surface area contributed by atoms with Gasteiger partial charge in [0.1, 0.15) is 12.2 Å². The van der Waals surface area contributed by atoms with Crippen molar-refractivity contribution in [3.8, 4) is 0 Å². The molecule has 0 spiro atoms. The van der Waals surface area contributed by atoms with Gasteiger partial charge in [0.15, 0.2) is 5.79 Å². The Morgan fingerprint density at radius 2 is 1.69 bits per heavy atom. The zero-order valence-electron chi connectivity index (χ0n) is 25.4. The second kappa shape index (κ2) is 10.8. The molecular weight excluding hydrogens is 492 g/mol. The SMILES string of the molecule is CC(=O)O[C@@H]1CC2=CC[C@H]3[C@@H]4CC[C@H]([C@H](C)CCC5(C(C)C)OCCO5)[C@@]4(C)CC[C@@H]3[C@@]2(C)[C@@H](OC(C)=O)C1. The molecular formula is C33H52O6. The molecule has 6 heteroatoms. The van der Waals surface area contributed by atoms with E-state index in [1.54, 1.807) is 0 Å². The molecule has 0 amide bonds. The van der Waals surface area contributed by atoms with Crippen LogP contribution in [-0.4, -0.2) is 43.1 Å². The first-order valence-electron chi connectivity index (χ1n) is 15.7. The summed E-state index contributed by atoms with van der Waals surface area (Å²) in [4.78, 5) is 24.0. The second-order valence-electron chi connectivity index (χ2n) is 14.3. The number of hydrogen-bond donors (Lipinski definition) is 0. The third-order valence-corrected chi connectivity index (χ3v) is 12.1. The lowest BCUT2D eigenvalue weighted by molar-refractivity contribution is -0.195. The van der Waals surface area contributed by atoms with E-state index >= 15 is 0 Å². The lowest BCUT2D eigenvalue weighted by atomic mass is 9.46. The molecule has 6 nitrogen and oxygen atoms in total. The Morgan fingerprint density at radius 3 is 2.33 bits per heavy atom. The van der Waals surface area contributed by atoms with Crippen LogP contribution < -0.4 is 0 Å². The first kappa shape index (κ1) is 29.1. The number of hydrogen-bond acceptors (Lipinski definition) is 6. The highest BCUT2D eigenvalue weighted by atomic mass is 16.7. The quantitative estimate of drug-likeness (QED) is 0.258. The number of carbonyl (C=O) groups excluding carboxylic acids is 2. The average Bonchev–Trinajstić information content (AvgIpc) is 3.48. The van der Waals surface area contributed by atoms with Crippen molar-refractivity contribution in [2.45, 2.75) is 124 Å². The van der Waals surface area contributed by atoms with Gasteiger partial charge < -0.3 is 18.9 Å². The van der Waals surface area contributed by atoms with Gasteiger partial charge in [0.25, 0.3) is 0 Å². The number of carbonyl (C=O) groups is 2. The maximum absolute atomic E-state index is 12.2. The van der Waals surface area contributed by atoms with E-state index in [1.807, 2.05) is 0 Å². The fraction of sp³-hybridized carbons (Fsp3) is 0.879. The molecule has 9 atom stereocenters. The van der Waals surface area contributed by atoms with Crippen molar-refractivity contribution in [1.82, 2.24) is 0 Å². The van der Waals surface area contributed by atoms with E-state index in [-0.39, 0.29) is 29.6 Å². The Morgan fingerprint density at radius 1 is 1.00 bits per heavy atom.